The molecule has 0 amide bonds. The molecular formula is C28H31Cl2N7O5S2. The fourth-order valence-corrected chi connectivity index (χ4v) is 9.18. The van der Waals surface area contributed by atoms with Crippen LogP contribution in [0.4, 0.5) is 0 Å². The van der Waals surface area contributed by atoms with E-state index in [1.54, 1.807) is 18.2 Å². The second-order valence-corrected chi connectivity index (χ2v) is 15.8. The Kier molecular flexibility index (Phi) is 8.83. The van der Waals surface area contributed by atoms with Crippen LogP contribution in [0.15, 0.2) is 57.1 Å². The van der Waals surface area contributed by atoms with Crippen LogP contribution in [0.5, 0.6) is 0 Å². The zero-order valence-electron chi connectivity index (χ0n) is 23.7. The SMILES string of the molecule is O=c1[nH]c(C2CCN(S(=O)(=O)c3ccc(S(=O)(=O)N4CCCCCC4)cc3)CC2)nc2c1nnn2Cc1ccc(Cl)cc1Cl. The van der Waals surface area contributed by atoms with E-state index in [2.05, 4.69) is 20.3 Å². The standard InChI is InChI=1S/C28H31Cl2N7O5S2/c29-21-6-5-20(24(30)17-21)18-37-27-25(33-34-37)28(38)32-26(31-27)19-11-15-36(16-12-19)44(41,42)23-9-7-22(8-10-23)43(39,40)35-13-3-1-2-4-14-35/h5-10,17,19H,1-4,11-16,18H2,(H,31,32,38). The van der Waals surface area contributed by atoms with E-state index in [9.17, 15) is 21.6 Å². The fourth-order valence-electron chi connectivity index (χ4n) is 5.73. The fraction of sp³-hybridized carbons (Fsp3) is 0.429. The highest BCUT2D eigenvalue weighted by Gasteiger charge is 2.32. The zero-order chi connectivity index (χ0) is 31.1. The second-order valence-electron chi connectivity index (χ2n) is 11.1. The molecule has 4 heterocycles. The van der Waals surface area contributed by atoms with Crippen molar-refractivity contribution in [2.75, 3.05) is 26.2 Å². The third kappa shape index (κ3) is 6.15. The largest absolute Gasteiger partial charge is 0.308 e. The maximum atomic E-state index is 13.5. The number of hydrogen-bond donors (Lipinski definition) is 1. The predicted molar refractivity (Wildman–Crippen MR) is 166 cm³/mol. The lowest BCUT2D eigenvalue weighted by molar-refractivity contribution is 0.313. The van der Waals surface area contributed by atoms with Crippen LogP contribution in [-0.4, -0.2) is 76.6 Å². The maximum absolute atomic E-state index is 13.5. The average molecular weight is 681 g/mol. The van der Waals surface area contributed by atoms with Crippen molar-refractivity contribution in [3.63, 3.8) is 0 Å². The van der Waals surface area contributed by atoms with Gasteiger partial charge in [-0.2, -0.15) is 8.61 Å². The van der Waals surface area contributed by atoms with Crippen LogP contribution < -0.4 is 5.56 Å². The summed E-state index contributed by atoms with van der Waals surface area (Å²) in [7, 11) is -7.54. The number of H-pyrrole nitrogens is 1. The van der Waals surface area contributed by atoms with Gasteiger partial charge in [-0.25, -0.2) is 26.5 Å². The van der Waals surface area contributed by atoms with E-state index >= 15 is 0 Å². The lowest BCUT2D eigenvalue weighted by Crippen LogP contribution is -2.38. The Morgan fingerprint density at radius 3 is 2.00 bits per heavy atom. The van der Waals surface area contributed by atoms with Crippen molar-refractivity contribution in [2.45, 2.75) is 60.8 Å². The van der Waals surface area contributed by atoms with Crippen molar-refractivity contribution >= 4 is 54.4 Å². The smallest absolute Gasteiger partial charge is 0.281 e. The Hall–Kier alpha value is -2.88. The summed E-state index contributed by atoms with van der Waals surface area (Å²) < 4.78 is 57.5. The summed E-state index contributed by atoms with van der Waals surface area (Å²) in [5.74, 6) is 0.246. The molecule has 16 heteroatoms. The normalized spacial score (nSPS) is 18.0. The number of rotatable bonds is 7. The van der Waals surface area contributed by atoms with Crippen LogP contribution >= 0.6 is 23.2 Å². The molecule has 0 atom stereocenters. The number of nitrogens with zero attached hydrogens (tertiary/aromatic N) is 6. The van der Waals surface area contributed by atoms with E-state index < -0.39 is 25.6 Å². The first-order valence-electron chi connectivity index (χ1n) is 14.4. The molecular weight excluding hydrogens is 649 g/mol. The molecule has 0 aliphatic carbocycles. The molecule has 0 radical (unpaired) electrons. The van der Waals surface area contributed by atoms with E-state index in [0.29, 0.717) is 47.4 Å². The zero-order valence-corrected chi connectivity index (χ0v) is 26.8. The Morgan fingerprint density at radius 2 is 1.41 bits per heavy atom. The summed E-state index contributed by atoms with van der Waals surface area (Å²) in [5, 5.41) is 9.04. The first kappa shape index (κ1) is 31.1. The first-order chi connectivity index (χ1) is 21.0. The number of aromatic nitrogens is 5. The van der Waals surface area contributed by atoms with Crippen molar-refractivity contribution in [2.24, 2.45) is 0 Å². The minimum Gasteiger partial charge on any atom is -0.308 e. The lowest BCUT2D eigenvalue weighted by Gasteiger charge is -2.30. The van der Waals surface area contributed by atoms with Crippen molar-refractivity contribution in [1.82, 2.24) is 33.6 Å². The molecule has 234 valence electrons. The molecule has 2 fully saturated rings. The Labute approximate surface area is 265 Å². The van der Waals surface area contributed by atoms with Crippen molar-refractivity contribution < 1.29 is 16.8 Å². The average Bonchev–Trinajstić information content (AvgIpc) is 3.21. The Morgan fingerprint density at radius 1 is 0.818 bits per heavy atom. The molecule has 2 aliphatic rings. The molecule has 2 aromatic carbocycles. The summed E-state index contributed by atoms with van der Waals surface area (Å²) in [6.07, 6.45) is 4.50. The number of fused-ring (bicyclic) bond motifs is 1. The maximum Gasteiger partial charge on any atom is 0.281 e. The van der Waals surface area contributed by atoms with E-state index in [1.807, 2.05) is 0 Å². The van der Waals surface area contributed by atoms with Crippen LogP contribution in [0.2, 0.25) is 10.0 Å². The third-order valence-corrected chi connectivity index (χ3v) is 12.6. The highest BCUT2D eigenvalue weighted by atomic mass is 35.5. The quantitative estimate of drug-likeness (QED) is 0.308. The van der Waals surface area contributed by atoms with Crippen LogP contribution in [-0.2, 0) is 26.6 Å². The number of nitrogens with one attached hydrogen (secondary N) is 1. The van der Waals surface area contributed by atoms with Gasteiger partial charge in [-0.3, -0.25) is 4.79 Å². The lowest BCUT2D eigenvalue weighted by atomic mass is 9.97. The van der Waals surface area contributed by atoms with Crippen LogP contribution in [0.3, 0.4) is 0 Å². The number of sulfonamides is 2. The number of benzene rings is 2. The number of piperidine rings is 1. The van der Waals surface area contributed by atoms with Crippen molar-refractivity contribution in [3.05, 3.63) is 74.3 Å². The molecule has 4 aromatic rings. The third-order valence-electron chi connectivity index (χ3n) is 8.23. The van der Waals surface area contributed by atoms with E-state index in [1.165, 1.54) is 37.6 Å². The highest BCUT2D eigenvalue weighted by Crippen LogP contribution is 2.30. The van der Waals surface area contributed by atoms with Crippen LogP contribution in [0.25, 0.3) is 11.2 Å². The van der Waals surface area contributed by atoms with Gasteiger partial charge in [0, 0.05) is 42.1 Å². The minimum atomic E-state index is -3.86. The van der Waals surface area contributed by atoms with Gasteiger partial charge in [0.2, 0.25) is 20.0 Å². The first-order valence-corrected chi connectivity index (χ1v) is 18.1. The summed E-state index contributed by atoms with van der Waals surface area (Å²) in [6, 6.07) is 10.6. The molecule has 44 heavy (non-hydrogen) atoms. The molecule has 12 nitrogen and oxygen atoms in total. The molecule has 1 N–H and O–H groups in total. The molecule has 2 saturated heterocycles. The molecule has 0 spiro atoms. The summed E-state index contributed by atoms with van der Waals surface area (Å²) in [6.45, 7) is 1.60. The number of aromatic amines is 1. The van der Waals surface area contributed by atoms with Crippen molar-refractivity contribution in [3.8, 4) is 0 Å². The van der Waals surface area contributed by atoms with Crippen LogP contribution in [0, 0.1) is 0 Å². The summed E-state index contributed by atoms with van der Waals surface area (Å²) in [5.41, 5.74) is 0.710. The van der Waals surface area contributed by atoms with Gasteiger partial charge in [0.15, 0.2) is 11.2 Å². The molecule has 0 bridgehead atoms. The Balaban J connectivity index is 1.16. The predicted octanol–water partition coefficient (Wildman–Crippen LogP) is 4.00. The van der Waals surface area contributed by atoms with Gasteiger partial charge >= 0.3 is 0 Å². The Bertz CT molecular complexity index is 1950. The monoisotopic (exact) mass is 679 g/mol. The molecule has 0 unspecified atom stereocenters. The van der Waals surface area contributed by atoms with Gasteiger partial charge in [-0.05, 0) is 67.6 Å². The molecule has 6 rings (SSSR count). The van der Waals surface area contributed by atoms with E-state index in [-0.39, 0.29) is 40.9 Å². The topological polar surface area (TPSA) is 151 Å². The molecule has 0 saturated carbocycles. The van der Waals surface area contributed by atoms with Gasteiger partial charge in [0.05, 0.1) is 16.3 Å². The van der Waals surface area contributed by atoms with Gasteiger partial charge < -0.3 is 4.98 Å². The summed E-state index contributed by atoms with van der Waals surface area (Å²) >= 11 is 12.3. The molecule has 2 aliphatic heterocycles. The van der Waals surface area contributed by atoms with Crippen LogP contribution in [0.1, 0.15) is 55.8 Å². The van der Waals surface area contributed by atoms with Crippen molar-refractivity contribution in [1.29, 1.82) is 0 Å². The summed E-state index contributed by atoms with van der Waals surface area (Å²) in [4.78, 5) is 20.4. The number of halogens is 2. The van der Waals surface area contributed by atoms with E-state index in [0.717, 1.165) is 31.2 Å². The van der Waals surface area contributed by atoms with Gasteiger partial charge in [-0.15, -0.1) is 5.10 Å². The highest BCUT2D eigenvalue weighted by molar-refractivity contribution is 7.89. The van der Waals surface area contributed by atoms with Gasteiger partial charge in [0.1, 0.15) is 5.82 Å². The second kappa shape index (κ2) is 12.5. The molecule has 2 aromatic heterocycles. The van der Waals surface area contributed by atoms with E-state index in [4.69, 9.17) is 23.2 Å². The van der Waals surface area contributed by atoms with Gasteiger partial charge in [-0.1, -0.05) is 47.3 Å². The number of hydrogen-bond acceptors (Lipinski definition) is 8. The minimum absolute atomic E-state index is 0.0366. The van der Waals surface area contributed by atoms with Gasteiger partial charge in [0.25, 0.3) is 5.56 Å².